The van der Waals surface area contributed by atoms with Crippen molar-refractivity contribution in [2.75, 3.05) is 6.54 Å². The smallest absolute Gasteiger partial charge is 0.242 e. The zero-order valence-corrected chi connectivity index (χ0v) is 9.93. The van der Waals surface area contributed by atoms with Crippen LogP contribution < -0.4 is 10.6 Å². The summed E-state index contributed by atoms with van der Waals surface area (Å²) in [5, 5.41) is 15.1. The van der Waals surface area contributed by atoms with Gasteiger partial charge in [-0.3, -0.25) is 9.59 Å². The van der Waals surface area contributed by atoms with Gasteiger partial charge >= 0.3 is 0 Å². The minimum absolute atomic E-state index is 0.0984. The average Bonchev–Trinajstić information content (AvgIpc) is 2.83. The molecule has 3 N–H and O–H groups in total. The molecule has 1 saturated heterocycles. The quantitative estimate of drug-likeness (QED) is 0.708. The Bertz CT molecular complexity index is 433. The molecule has 0 radical (unpaired) electrons. The number of amides is 2. The van der Waals surface area contributed by atoms with Crippen molar-refractivity contribution in [1.82, 2.24) is 10.6 Å². The van der Waals surface area contributed by atoms with Gasteiger partial charge in [0, 0.05) is 13.0 Å². The minimum atomic E-state index is -0.729. The van der Waals surface area contributed by atoms with Crippen LogP contribution in [0.4, 0.5) is 0 Å². The molecule has 1 unspecified atom stereocenters. The van der Waals surface area contributed by atoms with Crippen LogP contribution in [0.15, 0.2) is 30.3 Å². The first-order valence-corrected chi connectivity index (χ1v) is 5.97. The Morgan fingerprint density at radius 1 is 1.44 bits per heavy atom. The molecule has 0 spiro atoms. The van der Waals surface area contributed by atoms with Crippen LogP contribution in [0, 0.1) is 0 Å². The lowest BCUT2D eigenvalue weighted by atomic mass is 10.1. The molecule has 2 rings (SSSR count). The Hall–Kier alpha value is -1.88. The van der Waals surface area contributed by atoms with Crippen LogP contribution in [0.1, 0.15) is 24.5 Å². The molecule has 1 aromatic rings. The van der Waals surface area contributed by atoms with E-state index in [1.54, 1.807) is 12.1 Å². The third-order valence-electron chi connectivity index (χ3n) is 2.97. The van der Waals surface area contributed by atoms with Crippen LogP contribution in [-0.4, -0.2) is 29.5 Å². The van der Waals surface area contributed by atoms with E-state index in [2.05, 4.69) is 10.6 Å². The lowest BCUT2D eigenvalue weighted by Gasteiger charge is -2.14. The van der Waals surface area contributed by atoms with Gasteiger partial charge in [-0.2, -0.15) is 0 Å². The van der Waals surface area contributed by atoms with Crippen molar-refractivity contribution >= 4 is 11.8 Å². The van der Waals surface area contributed by atoms with E-state index in [9.17, 15) is 14.7 Å². The highest BCUT2D eigenvalue weighted by molar-refractivity contribution is 5.90. The number of aliphatic hydroxyl groups excluding tert-OH is 1. The van der Waals surface area contributed by atoms with Gasteiger partial charge in [-0.25, -0.2) is 0 Å². The van der Waals surface area contributed by atoms with Crippen molar-refractivity contribution in [2.24, 2.45) is 0 Å². The average molecular weight is 248 g/mol. The van der Waals surface area contributed by atoms with Gasteiger partial charge in [0.05, 0.1) is 6.10 Å². The van der Waals surface area contributed by atoms with Crippen molar-refractivity contribution in [3.63, 3.8) is 0 Å². The van der Waals surface area contributed by atoms with Gasteiger partial charge < -0.3 is 15.7 Å². The Balaban J connectivity index is 1.81. The van der Waals surface area contributed by atoms with Crippen molar-refractivity contribution in [2.45, 2.75) is 25.0 Å². The number of nitrogens with one attached hydrogen (secondary N) is 2. The van der Waals surface area contributed by atoms with Crippen molar-refractivity contribution in [3.8, 4) is 0 Å². The lowest BCUT2D eigenvalue weighted by Crippen LogP contribution is -2.42. The molecule has 2 atom stereocenters. The first kappa shape index (κ1) is 12.6. The summed E-state index contributed by atoms with van der Waals surface area (Å²) in [6, 6.07) is 8.67. The molecule has 18 heavy (non-hydrogen) atoms. The van der Waals surface area contributed by atoms with Gasteiger partial charge in [-0.05, 0) is 12.0 Å². The normalized spacial score (nSPS) is 20.3. The monoisotopic (exact) mass is 248 g/mol. The topological polar surface area (TPSA) is 78.4 Å². The molecule has 96 valence electrons. The molecular formula is C13H16N2O3. The van der Waals surface area contributed by atoms with Gasteiger partial charge in [0.25, 0.3) is 0 Å². The Morgan fingerprint density at radius 2 is 2.17 bits per heavy atom. The summed E-state index contributed by atoms with van der Waals surface area (Å²) in [7, 11) is 0. The van der Waals surface area contributed by atoms with Crippen LogP contribution in [0.5, 0.6) is 0 Å². The van der Waals surface area contributed by atoms with Crippen molar-refractivity contribution < 1.29 is 14.7 Å². The first-order chi connectivity index (χ1) is 8.66. The Kier molecular flexibility index (Phi) is 3.94. The second kappa shape index (κ2) is 5.64. The predicted molar refractivity (Wildman–Crippen MR) is 65.6 cm³/mol. The third kappa shape index (κ3) is 3.07. The number of hydrogen-bond acceptors (Lipinski definition) is 3. The van der Waals surface area contributed by atoms with E-state index in [1.807, 2.05) is 18.2 Å². The van der Waals surface area contributed by atoms with Gasteiger partial charge in [0.2, 0.25) is 11.8 Å². The summed E-state index contributed by atoms with van der Waals surface area (Å²) < 4.78 is 0. The van der Waals surface area contributed by atoms with E-state index in [0.29, 0.717) is 12.8 Å². The fourth-order valence-corrected chi connectivity index (χ4v) is 1.92. The van der Waals surface area contributed by atoms with Gasteiger partial charge in [0.15, 0.2) is 0 Å². The summed E-state index contributed by atoms with van der Waals surface area (Å²) in [6.07, 6.45) is 0.179. The van der Waals surface area contributed by atoms with Crippen molar-refractivity contribution in [3.05, 3.63) is 35.9 Å². The summed E-state index contributed by atoms with van der Waals surface area (Å²) in [5.41, 5.74) is 0.758. The molecule has 0 aliphatic carbocycles. The van der Waals surface area contributed by atoms with Gasteiger partial charge in [-0.1, -0.05) is 30.3 Å². The van der Waals surface area contributed by atoms with E-state index in [-0.39, 0.29) is 18.4 Å². The highest BCUT2D eigenvalue weighted by Crippen LogP contribution is 2.11. The molecule has 1 aliphatic heterocycles. The van der Waals surface area contributed by atoms with Crippen LogP contribution in [0.3, 0.4) is 0 Å². The maximum atomic E-state index is 11.7. The molecule has 5 nitrogen and oxygen atoms in total. The standard InChI is InChI=1S/C13H16N2O3/c16-11(9-4-2-1-3-5-9)8-14-13(18)10-6-7-12(17)15-10/h1-5,10-11,16H,6-8H2,(H,14,18)(H,15,17)/t10-,11?/m1/s1. The van der Waals surface area contributed by atoms with E-state index in [0.717, 1.165) is 5.56 Å². The molecule has 0 saturated carbocycles. The summed E-state index contributed by atoms with van der Waals surface area (Å²) in [4.78, 5) is 22.7. The second-order valence-electron chi connectivity index (χ2n) is 4.33. The predicted octanol–water partition coefficient (Wildman–Crippen LogP) is 0.115. The maximum Gasteiger partial charge on any atom is 0.242 e. The van der Waals surface area contributed by atoms with E-state index in [1.165, 1.54) is 0 Å². The molecule has 2 amide bonds. The van der Waals surface area contributed by atoms with Crippen LogP contribution in [0.25, 0.3) is 0 Å². The zero-order chi connectivity index (χ0) is 13.0. The molecule has 0 bridgehead atoms. The van der Waals surface area contributed by atoms with Gasteiger partial charge in [-0.15, -0.1) is 0 Å². The number of carbonyl (C=O) groups is 2. The Labute approximate surface area is 105 Å². The summed E-state index contributed by atoms with van der Waals surface area (Å²) >= 11 is 0. The first-order valence-electron chi connectivity index (χ1n) is 5.97. The lowest BCUT2D eigenvalue weighted by molar-refractivity contribution is -0.126. The fourth-order valence-electron chi connectivity index (χ4n) is 1.92. The number of hydrogen-bond donors (Lipinski definition) is 3. The van der Waals surface area contributed by atoms with E-state index >= 15 is 0 Å². The zero-order valence-electron chi connectivity index (χ0n) is 9.93. The highest BCUT2D eigenvalue weighted by atomic mass is 16.3. The second-order valence-corrected chi connectivity index (χ2v) is 4.33. The molecule has 1 heterocycles. The number of rotatable bonds is 4. The molecule has 1 fully saturated rings. The minimum Gasteiger partial charge on any atom is -0.387 e. The van der Waals surface area contributed by atoms with E-state index in [4.69, 9.17) is 0 Å². The van der Waals surface area contributed by atoms with E-state index < -0.39 is 12.1 Å². The molecular weight excluding hydrogens is 232 g/mol. The fraction of sp³-hybridized carbons (Fsp3) is 0.385. The molecule has 0 aromatic heterocycles. The number of carbonyl (C=O) groups excluding carboxylic acids is 2. The SMILES string of the molecule is O=C1CC[C@H](C(=O)NCC(O)c2ccccc2)N1. The number of benzene rings is 1. The van der Waals surface area contributed by atoms with Crippen LogP contribution in [0.2, 0.25) is 0 Å². The maximum absolute atomic E-state index is 11.7. The Morgan fingerprint density at radius 3 is 2.78 bits per heavy atom. The number of aliphatic hydroxyl groups is 1. The summed E-state index contributed by atoms with van der Waals surface area (Å²) in [5.74, 6) is -0.338. The molecule has 5 heteroatoms. The molecule has 1 aromatic carbocycles. The van der Waals surface area contributed by atoms with Crippen LogP contribution >= 0.6 is 0 Å². The van der Waals surface area contributed by atoms with Crippen LogP contribution in [-0.2, 0) is 9.59 Å². The van der Waals surface area contributed by atoms with Gasteiger partial charge in [0.1, 0.15) is 6.04 Å². The molecule has 1 aliphatic rings. The van der Waals surface area contributed by atoms with Crippen molar-refractivity contribution in [1.29, 1.82) is 0 Å². The highest BCUT2D eigenvalue weighted by Gasteiger charge is 2.27. The largest absolute Gasteiger partial charge is 0.387 e. The third-order valence-corrected chi connectivity index (χ3v) is 2.97. The summed E-state index contributed by atoms with van der Waals surface area (Å²) in [6.45, 7) is 0.148.